The lowest BCUT2D eigenvalue weighted by Crippen LogP contribution is -2.11. The van der Waals surface area contributed by atoms with Crippen molar-refractivity contribution in [1.82, 2.24) is 4.98 Å². The number of H-pyrrole nitrogens is 1. The quantitative estimate of drug-likeness (QED) is 0.810. The highest BCUT2D eigenvalue weighted by atomic mass is 16.1. The summed E-state index contributed by atoms with van der Waals surface area (Å²) in [6.07, 6.45) is 0. The minimum Gasteiger partial charge on any atom is -0.382 e. The topological polar surface area (TPSA) is 44.9 Å². The van der Waals surface area contributed by atoms with Crippen LogP contribution in [0.2, 0.25) is 0 Å². The van der Waals surface area contributed by atoms with Crippen LogP contribution in [0, 0.1) is 6.92 Å². The van der Waals surface area contributed by atoms with Crippen LogP contribution in [0.15, 0.2) is 29.1 Å². The second-order valence-electron chi connectivity index (χ2n) is 4.34. The summed E-state index contributed by atoms with van der Waals surface area (Å²) in [6, 6.07) is 7.87. The van der Waals surface area contributed by atoms with E-state index in [9.17, 15) is 4.79 Å². The van der Waals surface area contributed by atoms with Crippen LogP contribution in [0.3, 0.4) is 0 Å². The van der Waals surface area contributed by atoms with Gasteiger partial charge in [0.1, 0.15) is 0 Å². The molecule has 0 aliphatic carbocycles. The van der Waals surface area contributed by atoms with Crippen molar-refractivity contribution in [2.45, 2.75) is 26.8 Å². The Labute approximate surface area is 94.5 Å². The first-order chi connectivity index (χ1) is 7.58. The molecule has 1 aromatic carbocycles. The number of benzene rings is 1. The highest BCUT2D eigenvalue weighted by Crippen LogP contribution is 2.24. The highest BCUT2D eigenvalue weighted by Gasteiger charge is 2.04. The highest BCUT2D eigenvalue weighted by molar-refractivity contribution is 5.93. The maximum atomic E-state index is 11.3. The van der Waals surface area contributed by atoms with Crippen molar-refractivity contribution < 1.29 is 0 Å². The van der Waals surface area contributed by atoms with Crippen LogP contribution in [0.25, 0.3) is 10.9 Å². The molecular weight excluding hydrogens is 200 g/mol. The van der Waals surface area contributed by atoms with E-state index >= 15 is 0 Å². The molecule has 0 bridgehead atoms. The standard InChI is InChI=1S/C13H16N2O/c1-8(2)14-11-6-4-9(3)13-10(11)5-7-12(16)15-13/h4-8,14H,1-3H3,(H,15,16). The van der Waals surface area contributed by atoms with Gasteiger partial charge in [0.25, 0.3) is 0 Å². The van der Waals surface area contributed by atoms with Crippen LogP contribution in [-0.4, -0.2) is 11.0 Å². The number of aromatic amines is 1. The molecule has 0 radical (unpaired) electrons. The van der Waals surface area contributed by atoms with Crippen molar-refractivity contribution in [3.8, 4) is 0 Å². The Kier molecular flexibility index (Phi) is 2.69. The molecule has 3 nitrogen and oxygen atoms in total. The molecule has 0 saturated heterocycles. The molecule has 16 heavy (non-hydrogen) atoms. The van der Waals surface area contributed by atoms with E-state index in [2.05, 4.69) is 30.2 Å². The van der Waals surface area contributed by atoms with Crippen LogP contribution < -0.4 is 10.9 Å². The number of hydrogen-bond donors (Lipinski definition) is 2. The molecule has 0 spiro atoms. The lowest BCUT2D eigenvalue weighted by molar-refractivity contribution is 0.901. The first-order valence-corrected chi connectivity index (χ1v) is 5.47. The molecule has 0 aliphatic rings. The van der Waals surface area contributed by atoms with E-state index in [0.717, 1.165) is 22.2 Å². The van der Waals surface area contributed by atoms with E-state index in [-0.39, 0.29) is 5.56 Å². The fourth-order valence-electron chi connectivity index (χ4n) is 1.83. The molecule has 2 aromatic rings. The number of hydrogen-bond acceptors (Lipinski definition) is 2. The molecule has 0 fully saturated rings. The van der Waals surface area contributed by atoms with Gasteiger partial charge in [0.05, 0.1) is 5.52 Å². The summed E-state index contributed by atoms with van der Waals surface area (Å²) in [5.74, 6) is 0. The molecule has 0 saturated carbocycles. The SMILES string of the molecule is Cc1ccc(NC(C)C)c2ccc(=O)[nH]c12. The summed E-state index contributed by atoms with van der Waals surface area (Å²) < 4.78 is 0. The Morgan fingerprint density at radius 2 is 1.94 bits per heavy atom. The third kappa shape index (κ3) is 1.94. The van der Waals surface area contributed by atoms with Crippen LogP contribution in [0.5, 0.6) is 0 Å². The van der Waals surface area contributed by atoms with Crippen molar-refractivity contribution in [3.63, 3.8) is 0 Å². The van der Waals surface area contributed by atoms with Gasteiger partial charge in [-0.3, -0.25) is 4.79 Å². The van der Waals surface area contributed by atoms with Crippen LogP contribution in [0.1, 0.15) is 19.4 Å². The molecule has 0 atom stereocenters. The Morgan fingerprint density at radius 3 is 2.62 bits per heavy atom. The van der Waals surface area contributed by atoms with Gasteiger partial charge in [-0.05, 0) is 38.5 Å². The minimum atomic E-state index is -0.0581. The van der Waals surface area contributed by atoms with Crippen molar-refractivity contribution in [2.24, 2.45) is 0 Å². The Morgan fingerprint density at radius 1 is 1.19 bits per heavy atom. The fraction of sp³-hybridized carbons (Fsp3) is 0.308. The number of pyridine rings is 1. The molecule has 0 aliphatic heterocycles. The average molecular weight is 216 g/mol. The van der Waals surface area contributed by atoms with Gasteiger partial charge in [0.2, 0.25) is 5.56 Å². The van der Waals surface area contributed by atoms with Crippen LogP contribution in [0.4, 0.5) is 5.69 Å². The number of fused-ring (bicyclic) bond motifs is 1. The van der Waals surface area contributed by atoms with Crippen LogP contribution >= 0.6 is 0 Å². The largest absolute Gasteiger partial charge is 0.382 e. The third-order valence-electron chi connectivity index (χ3n) is 2.55. The summed E-state index contributed by atoms with van der Waals surface area (Å²) in [7, 11) is 0. The van der Waals surface area contributed by atoms with Gasteiger partial charge in [-0.2, -0.15) is 0 Å². The molecular formula is C13H16N2O. The van der Waals surface area contributed by atoms with Gasteiger partial charge in [-0.25, -0.2) is 0 Å². The van der Waals surface area contributed by atoms with E-state index in [1.165, 1.54) is 0 Å². The van der Waals surface area contributed by atoms with Crippen molar-refractivity contribution in [2.75, 3.05) is 5.32 Å². The summed E-state index contributed by atoms with van der Waals surface area (Å²) >= 11 is 0. The van der Waals surface area contributed by atoms with Gasteiger partial charge >= 0.3 is 0 Å². The number of aromatic nitrogens is 1. The molecule has 3 heteroatoms. The molecule has 2 N–H and O–H groups in total. The Balaban J connectivity index is 2.69. The maximum absolute atomic E-state index is 11.3. The normalized spacial score (nSPS) is 11.0. The van der Waals surface area contributed by atoms with E-state index in [1.807, 2.05) is 19.1 Å². The molecule has 2 rings (SSSR count). The lowest BCUT2D eigenvalue weighted by atomic mass is 10.1. The van der Waals surface area contributed by atoms with Crippen molar-refractivity contribution in [1.29, 1.82) is 0 Å². The second kappa shape index (κ2) is 4.00. The third-order valence-corrected chi connectivity index (χ3v) is 2.55. The lowest BCUT2D eigenvalue weighted by Gasteiger charge is -2.13. The van der Waals surface area contributed by atoms with Gasteiger partial charge < -0.3 is 10.3 Å². The van der Waals surface area contributed by atoms with E-state index in [0.29, 0.717) is 6.04 Å². The molecule has 84 valence electrons. The van der Waals surface area contributed by atoms with Gasteiger partial charge in [-0.1, -0.05) is 6.07 Å². The van der Waals surface area contributed by atoms with Crippen LogP contribution in [-0.2, 0) is 0 Å². The Bertz CT molecular complexity index is 570. The number of nitrogens with one attached hydrogen (secondary N) is 2. The predicted octanol–water partition coefficient (Wildman–Crippen LogP) is 2.66. The van der Waals surface area contributed by atoms with Gasteiger partial charge in [0, 0.05) is 23.2 Å². The zero-order valence-corrected chi connectivity index (χ0v) is 9.79. The van der Waals surface area contributed by atoms with Crippen molar-refractivity contribution in [3.05, 3.63) is 40.2 Å². The van der Waals surface area contributed by atoms with E-state index in [4.69, 9.17) is 0 Å². The zero-order valence-electron chi connectivity index (χ0n) is 9.79. The summed E-state index contributed by atoms with van der Waals surface area (Å²) in [5, 5.41) is 4.44. The van der Waals surface area contributed by atoms with Gasteiger partial charge in [0.15, 0.2) is 0 Å². The zero-order chi connectivity index (χ0) is 11.7. The molecule has 0 amide bonds. The first-order valence-electron chi connectivity index (χ1n) is 5.47. The number of aryl methyl sites for hydroxylation is 1. The smallest absolute Gasteiger partial charge is 0.248 e. The van der Waals surface area contributed by atoms with E-state index < -0.39 is 0 Å². The molecule has 0 unspecified atom stereocenters. The second-order valence-corrected chi connectivity index (χ2v) is 4.34. The molecule has 1 heterocycles. The average Bonchev–Trinajstić information content (AvgIpc) is 2.22. The number of rotatable bonds is 2. The first kappa shape index (κ1) is 10.7. The fourth-order valence-corrected chi connectivity index (χ4v) is 1.83. The monoisotopic (exact) mass is 216 g/mol. The van der Waals surface area contributed by atoms with Gasteiger partial charge in [-0.15, -0.1) is 0 Å². The summed E-state index contributed by atoms with van der Waals surface area (Å²) in [5.41, 5.74) is 3.00. The summed E-state index contributed by atoms with van der Waals surface area (Å²) in [6.45, 7) is 6.19. The van der Waals surface area contributed by atoms with Crippen molar-refractivity contribution >= 4 is 16.6 Å². The number of anilines is 1. The predicted molar refractivity (Wildman–Crippen MR) is 68.1 cm³/mol. The summed E-state index contributed by atoms with van der Waals surface area (Å²) in [4.78, 5) is 14.2. The van der Waals surface area contributed by atoms with E-state index in [1.54, 1.807) is 6.07 Å². The molecule has 1 aromatic heterocycles. The maximum Gasteiger partial charge on any atom is 0.248 e. The minimum absolute atomic E-state index is 0.0581. The Hall–Kier alpha value is -1.77.